The van der Waals surface area contributed by atoms with Crippen molar-refractivity contribution in [2.45, 2.75) is 37.6 Å². The van der Waals surface area contributed by atoms with Gasteiger partial charge in [-0.2, -0.15) is 0 Å². The second kappa shape index (κ2) is 6.84. The number of sulfonamides is 1. The van der Waals surface area contributed by atoms with E-state index in [1.807, 2.05) is 0 Å². The van der Waals surface area contributed by atoms with E-state index in [0.29, 0.717) is 34.8 Å². The lowest BCUT2D eigenvalue weighted by molar-refractivity contribution is -0.0523. The molecule has 1 saturated heterocycles. The lowest BCUT2D eigenvalue weighted by Crippen LogP contribution is -2.59. The highest BCUT2D eigenvalue weighted by Gasteiger charge is 2.38. The maximum absolute atomic E-state index is 13.4. The molecule has 0 bridgehead atoms. The second-order valence-electron chi connectivity index (χ2n) is 6.90. The van der Waals surface area contributed by atoms with Gasteiger partial charge in [0, 0.05) is 11.8 Å². The molecule has 1 fully saturated rings. The second-order valence-corrected chi connectivity index (χ2v) is 9.43. The fourth-order valence-corrected chi connectivity index (χ4v) is 5.86. The van der Waals surface area contributed by atoms with E-state index in [0.717, 1.165) is 11.3 Å². The van der Waals surface area contributed by atoms with E-state index >= 15 is 0 Å². The van der Waals surface area contributed by atoms with Crippen LogP contribution in [0.15, 0.2) is 28.5 Å². The number of aryl methyl sites for hydroxylation is 1. The van der Waals surface area contributed by atoms with E-state index in [2.05, 4.69) is 4.72 Å². The fourth-order valence-electron chi connectivity index (χ4n) is 2.87. The molecule has 0 atom stereocenters. The summed E-state index contributed by atoms with van der Waals surface area (Å²) in [6, 6.07) is 4.53. The van der Waals surface area contributed by atoms with Gasteiger partial charge in [0.05, 0.1) is 28.5 Å². The Labute approximate surface area is 156 Å². The largest absolute Gasteiger partial charge is 0.377 e. The van der Waals surface area contributed by atoms with Crippen LogP contribution in [0.25, 0.3) is 0 Å². The van der Waals surface area contributed by atoms with Crippen molar-refractivity contribution >= 4 is 27.1 Å². The molecule has 2 heterocycles. The number of rotatable bonds is 6. The van der Waals surface area contributed by atoms with E-state index in [9.17, 15) is 17.6 Å². The van der Waals surface area contributed by atoms with Crippen molar-refractivity contribution in [1.29, 1.82) is 0 Å². The van der Waals surface area contributed by atoms with Crippen LogP contribution < -0.4 is 4.72 Å². The van der Waals surface area contributed by atoms with Gasteiger partial charge in [-0.05, 0) is 43.5 Å². The van der Waals surface area contributed by atoms with Crippen molar-refractivity contribution in [1.82, 2.24) is 4.72 Å². The van der Waals surface area contributed by atoms with Crippen LogP contribution in [-0.4, -0.2) is 33.0 Å². The predicted molar refractivity (Wildman–Crippen MR) is 97.8 cm³/mol. The van der Waals surface area contributed by atoms with Crippen molar-refractivity contribution < 1.29 is 22.3 Å². The number of halogens is 1. The first kappa shape index (κ1) is 19.2. The molecule has 1 aliphatic rings. The monoisotopic (exact) mass is 397 g/mol. The Hall–Kier alpha value is -1.61. The molecule has 2 aromatic rings. The molecule has 1 aromatic carbocycles. The summed E-state index contributed by atoms with van der Waals surface area (Å²) in [5.74, 6) is -0.500. The maximum atomic E-state index is 13.4. The highest BCUT2D eigenvalue weighted by atomic mass is 32.2. The van der Waals surface area contributed by atoms with E-state index in [4.69, 9.17) is 4.74 Å². The third kappa shape index (κ3) is 3.73. The number of ketones is 1. The number of carbonyl (C=O) groups is 1. The molecule has 26 heavy (non-hydrogen) atoms. The van der Waals surface area contributed by atoms with Gasteiger partial charge in [-0.15, -0.1) is 11.3 Å². The molecule has 0 aliphatic carbocycles. The molecule has 1 aromatic heterocycles. The Balaban J connectivity index is 1.81. The van der Waals surface area contributed by atoms with Gasteiger partial charge < -0.3 is 4.74 Å². The van der Waals surface area contributed by atoms with Crippen molar-refractivity contribution in [3.63, 3.8) is 0 Å². The molecular weight excluding hydrogens is 377 g/mol. The molecule has 0 spiro atoms. The minimum Gasteiger partial charge on any atom is -0.377 e. The zero-order valence-corrected chi connectivity index (χ0v) is 16.4. The van der Waals surface area contributed by atoms with Crippen LogP contribution in [0.4, 0.5) is 4.39 Å². The molecule has 8 heteroatoms. The molecule has 5 nitrogen and oxygen atoms in total. The highest BCUT2D eigenvalue weighted by molar-refractivity contribution is 7.89. The number of carbonyl (C=O) groups excluding carboxylic acids is 1. The quantitative estimate of drug-likeness (QED) is 0.761. The van der Waals surface area contributed by atoms with Crippen LogP contribution in [0.5, 0.6) is 0 Å². The molecule has 0 unspecified atom stereocenters. The van der Waals surface area contributed by atoms with Gasteiger partial charge in [0.1, 0.15) is 5.82 Å². The number of thiophene rings is 1. The lowest BCUT2D eigenvalue weighted by atomic mass is 10.0. The first-order valence-electron chi connectivity index (χ1n) is 8.09. The van der Waals surface area contributed by atoms with Gasteiger partial charge in [0.25, 0.3) is 0 Å². The number of benzene rings is 1. The number of hydrogen-bond acceptors (Lipinski definition) is 5. The number of ether oxygens (including phenoxy) is 1. The van der Waals surface area contributed by atoms with Crippen LogP contribution in [-0.2, 0) is 21.2 Å². The summed E-state index contributed by atoms with van der Waals surface area (Å²) >= 11 is 1.12. The average Bonchev–Trinajstić information content (AvgIpc) is 2.91. The summed E-state index contributed by atoms with van der Waals surface area (Å²) in [6.45, 7) is 5.70. The van der Waals surface area contributed by atoms with E-state index in [1.54, 1.807) is 32.9 Å². The molecule has 0 radical (unpaired) electrons. The van der Waals surface area contributed by atoms with Crippen LogP contribution in [0, 0.1) is 19.7 Å². The van der Waals surface area contributed by atoms with Crippen molar-refractivity contribution in [2.75, 3.05) is 13.2 Å². The topological polar surface area (TPSA) is 72.5 Å². The Kier molecular flexibility index (Phi) is 5.04. The standard InChI is InChI=1S/C18H20FNO4S2/c1-11-6-13(4-5-14(11)19)7-15(21)17-12(2)16(8-25-17)26(22,23)20-18(3)9-24-10-18/h4-6,8,20H,7,9-10H2,1-3H3. The third-order valence-electron chi connectivity index (χ3n) is 4.35. The van der Waals surface area contributed by atoms with Crippen LogP contribution >= 0.6 is 11.3 Å². The van der Waals surface area contributed by atoms with Crippen LogP contribution in [0.1, 0.15) is 33.3 Å². The zero-order chi connectivity index (χ0) is 19.1. The van der Waals surface area contributed by atoms with Crippen molar-refractivity contribution in [3.05, 3.63) is 51.0 Å². The maximum Gasteiger partial charge on any atom is 0.242 e. The third-order valence-corrected chi connectivity index (χ3v) is 7.38. The van der Waals surface area contributed by atoms with E-state index in [1.165, 1.54) is 11.4 Å². The Morgan fingerprint density at radius 3 is 2.62 bits per heavy atom. The Bertz CT molecular complexity index is 962. The van der Waals surface area contributed by atoms with Gasteiger partial charge >= 0.3 is 0 Å². The Morgan fingerprint density at radius 1 is 1.35 bits per heavy atom. The molecule has 0 amide bonds. The molecule has 0 saturated carbocycles. The Morgan fingerprint density at radius 2 is 2.04 bits per heavy atom. The summed E-state index contributed by atoms with van der Waals surface area (Å²) in [5, 5.41) is 1.49. The normalized spacial score (nSPS) is 16.3. The summed E-state index contributed by atoms with van der Waals surface area (Å²) in [7, 11) is -3.73. The number of Topliss-reactive ketones (excluding diaryl/α,β-unsaturated/α-hetero) is 1. The van der Waals surface area contributed by atoms with Crippen LogP contribution in [0.2, 0.25) is 0 Å². The first-order chi connectivity index (χ1) is 12.1. The minimum absolute atomic E-state index is 0.0982. The van der Waals surface area contributed by atoms with Gasteiger partial charge in [0.2, 0.25) is 10.0 Å². The summed E-state index contributed by atoms with van der Waals surface area (Å²) in [5.41, 5.74) is 1.00. The number of hydrogen-bond donors (Lipinski definition) is 1. The predicted octanol–water partition coefficient (Wildman–Crippen LogP) is 3.00. The summed E-state index contributed by atoms with van der Waals surface area (Å²) in [6.07, 6.45) is 0.0982. The molecule has 1 aliphatic heterocycles. The summed E-state index contributed by atoms with van der Waals surface area (Å²) < 4.78 is 46.3. The SMILES string of the molecule is Cc1cc(CC(=O)c2scc(S(=O)(=O)NC3(C)COC3)c2C)ccc1F. The van der Waals surface area contributed by atoms with Crippen molar-refractivity contribution in [3.8, 4) is 0 Å². The van der Waals surface area contributed by atoms with Crippen LogP contribution in [0.3, 0.4) is 0 Å². The van der Waals surface area contributed by atoms with E-state index < -0.39 is 15.6 Å². The number of nitrogens with one attached hydrogen (secondary N) is 1. The minimum atomic E-state index is -3.73. The lowest BCUT2D eigenvalue weighted by Gasteiger charge is -2.38. The molecule has 140 valence electrons. The zero-order valence-electron chi connectivity index (χ0n) is 14.8. The fraction of sp³-hybridized carbons (Fsp3) is 0.389. The smallest absolute Gasteiger partial charge is 0.242 e. The van der Waals surface area contributed by atoms with Gasteiger partial charge in [-0.25, -0.2) is 17.5 Å². The molecular formula is C18H20FNO4S2. The average molecular weight is 397 g/mol. The van der Waals surface area contributed by atoms with Gasteiger partial charge in [-0.3, -0.25) is 4.79 Å². The summed E-state index contributed by atoms with van der Waals surface area (Å²) in [4.78, 5) is 13.1. The molecule has 3 rings (SSSR count). The van der Waals surface area contributed by atoms with Gasteiger partial charge in [-0.1, -0.05) is 12.1 Å². The highest BCUT2D eigenvalue weighted by Crippen LogP contribution is 2.29. The molecule has 1 N–H and O–H groups in total. The van der Waals surface area contributed by atoms with Gasteiger partial charge in [0.15, 0.2) is 5.78 Å². The van der Waals surface area contributed by atoms with Crippen molar-refractivity contribution in [2.24, 2.45) is 0 Å². The first-order valence-corrected chi connectivity index (χ1v) is 10.5. The van der Waals surface area contributed by atoms with E-state index in [-0.39, 0.29) is 22.9 Å².